The smallest absolute Gasteiger partial charge is 0.335 e. The number of imide groups is 1. The quantitative estimate of drug-likeness (QED) is 0.614. The molecule has 8 heteroatoms. The first-order valence-electron chi connectivity index (χ1n) is 9.67. The Morgan fingerprint density at radius 3 is 2.33 bits per heavy atom. The standard InChI is InChI=1S/C22H22N2O6/c1-2-12-30-18-10-9-14(22(28)29)13-17(18)23-19(25)8-5-11-24-20(26)15-6-3-4-7-16(15)21(24)27/h3-4,6-7,9-10,13H,2,5,8,11-12H2,1H3,(H,23,25)(H,28,29). The fraction of sp³-hybridized carbons (Fsp3) is 0.273. The number of carboxylic acid groups (broad SMARTS) is 1. The third-order valence-corrected chi connectivity index (χ3v) is 4.63. The Bertz CT molecular complexity index is 966. The highest BCUT2D eigenvalue weighted by Crippen LogP contribution is 2.27. The number of benzene rings is 2. The van der Waals surface area contributed by atoms with E-state index in [9.17, 15) is 24.3 Å². The van der Waals surface area contributed by atoms with Gasteiger partial charge in [0.15, 0.2) is 0 Å². The van der Waals surface area contributed by atoms with Gasteiger partial charge in [-0.2, -0.15) is 0 Å². The molecular formula is C22H22N2O6. The number of carboxylic acids is 1. The van der Waals surface area contributed by atoms with E-state index < -0.39 is 5.97 Å². The van der Waals surface area contributed by atoms with Gasteiger partial charge in [0.2, 0.25) is 5.91 Å². The minimum absolute atomic E-state index is 0.0279. The van der Waals surface area contributed by atoms with Crippen LogP contribution in [0, 0.1) is 0 Å². The molecule has 0 aromatic heterocycles. The molecule has 156 valence electrons. The lowest BCUT2D eigenvalue weighted by Crippen LogP contribution is -2.31. The van der Waals surface area contributed by atoms with Crippen molar-refractivity contribution in [3.63, 3.8) is 0 Å². The van der Waals surface area contributed by atoms with Crippen molar-refractivity contribution < 1.29 is 29.0 Å². The minimum Gasteiger partial charge on any atom is -0.491 e. The van der Waals surface area contributed by atoms with Crippen LogP contribution in [0.5, 0.6) is 5.75 Å². The third kappa shape index (κ3) is 4.48. The van der Waals surface area contributed by atoms with E-state index in [1.165, 1.54) is 18.2 Å². The van der Waals surface area contributed by atoms with Crippen molar-refractivity contribution in [3.8, 4) is 5.75 Å². The Morgan fingerprint density at radius 2 is 1.73 bits per heavy atom. The van der Waals surface area contributed by atoms with Crippen LogP contribution in [0.2, 0.25) is 0 Å². The van der Waals surface area contributed by atoms with Crippen LogP contribution in [-0.2, 0) is 4.79 Å². The van der Waals surface area contributed by atoms with Gasteiger partial charge in [0.05, 0.1) is 29.0 Å². The second-order valence-electron chi connectivity index (χ2n) is 6.82. The summed E-state index contributed by atoms with van der Waals surface area (Å²) in [6.45, 7) is 2.48. The zero-order valence-electron chi connectivity index (χ0n) is 16.5. The molecule has 1 heterocycles. The largest absolute Gasteiger partial charge is 0.491 e. The van der Waals surface area contributed by atoms with Gasteiger partial charge in [0.1, 0.15) is 5.75 Å². The number of ether oxygens (including phenoxy) is 1. The van der Waals surface area contributed by atoms with E-state index in [2.05, 4.69) is 5.32 Å². The Labute approximate surface area is 173 Å². The van der Waals surface area contributed by atoms with Gasteiger partial charge >= 0.3 is 5.97 Å². The summed E-state index contributed by atoms with van der Waals surface area (Å²) in [7, 11) is 0. The fourth-order valence-corrected chi connectivity index (χ4v) is 3.15. The number of amides is 3. The topological polar surface area (TPSA) is 113 Å². The van der Waals surface area contributed by atoms with Gasteiger partial charge in [-0.05, 0) is 43.2 Å². The Balaban J connectivity index is 1.60. The zero-order valence-corrected chi connectivity index (χ0v) is 16.5. The van der Waals surface area contributed by atoms with E-state index in [-0.39, 0.29) is 48.4 Å². The predicted molar refractivity (Wildman–Crippen MR) is 109 cm³/mol. The van der Waals surface area contributed by atoms with Crippen molar-refractivity contribution >= 4 is 29.4 Å². The Kier molecular flexibility index (Phi) is 6.46. The van der Waals surface area contributed by atoms with Crippen LogP contribution in [0.25, 0.3) is 0 Å². The summed E-state index contributed by atoms with van der Waals surface area (Å²) in [4.78, 5) is 49.4. The second kappa shape index (κ2) is 9.21. The van der Waals surface area contributed by atoms with Crippen molar-refractivity contribution in [2.24, 2.45) is 0 Å². The number of hydrogen-bond acceptors (Lipinski definition) is 5. The van der Waals surface area contributed by atoms with Crippen LogP contribution < -0.4 is 10.1 Å². The summed E-state index contributed by atoms with van der Waals surface area (Å²) in [5.41, 5.74) is 1.04. The molecule has 30 heavy (non-hydrogen) atoms. The Hall–Kier alpha value is -3.68. The van der Waals surface area contributed by atoms with E-state index in [4.69, 9.17) is 4.74 Å². The lowest BCUT2D eigenvalue weighted by atomic mass is 10.1. The number of aromatic carboxylic acids is 1. The summed E-state index contributed by atoms with van der Waals surface area (Å²) in [6, 6.07) is 10.9. The Morgan fingerprint density at radius 1 is 1.07 bits per heavy atom. The maximum Gasteiger partial charge on any atom is 0.335 e. The van der Waals surface area contributed by atoms with Gasteiger partial charge in [-0.15, -0.1) is 0 Å². The summed E-state index contributed by atoms with van der Waals surface area (Å²) in [5.74, 6) is -1.81. The number of carbonyl (C=O) groups is 4. The van der Waals surface area contributed by atoms with Gasteiger partial charge in [-0.1, -0.05) is 19.1 Å². The number of fused-ring (bicyclic) bond motifs is 1. The normalized spacial score (nSPS) is 12.6. The molecule has 3 amide bonds. The molecule has 0 atom stereocenters. The molecule has 1 aliphatic rings. The summed E-state index contributed by atoms with van der Waals surface area (Å²) in [6.07, 6.45) is 1.09. The lowest BCUT2D eigenvalue weighted by molar-refractivity contribution is -0.116. The van der Waals surface area contributed by atoms with Crippen molar-refractivity contribution in [1.29, 1.82) is 0 Å². The molecule has 0 bridgehead atoms. The van der Waals surface area contributed by atoms with E-state index >= 15 is 0 Å². The number of anilines is 1. The van der Waals surface area contributed by atoms with Crippen molar-refractivity contribution in [2.75, 3.05) is 18.5 Å². The van der Waals surface area contributed by atoms with Crippen LogP contribution in [-0.4, -0.2) is 46.8 Å². The van der Waals surface area contributed by atoms with Crippen molar-refractivity contribution in [1.82, 2.24) is 4.90 Å². The van der Waals surface area contributed by atoms with E-state index in [1.807, 2.05) is 6.92 Å². The van der Waals surface area contributed by atoms with Gasteiger partial charge in [-0.3, -0.25) is 19.3 Å². The maximum atomic E-state index is 12.4. The summed E-state index contributed by atoms with van der Waals surface area (Å²) in [5, 5.41) is 11.8. The molecule has 0 radical (unpaired) electrons. The number of hydrogen-bond donors (Lipinski definition) is 2. The molecule has 0 fully saturated rings. The predicted octanol–water partition coefficient (Wildman–Crippen LogP) is 3.19. The van der Waals surface area contributed by atoms with E-state index in [0.717, 1.165) is 11.3 Å². The highest BCUT2D eigenvalue weighted by molar-refractivity contribution is 6.21. The van der Waals surface area contributed by atoms with Gasteiger partial charge in [0, 0.05) is 13.0 Å². The third-order valence-electron chi connectivity index (χ3n) is 4.63. The average molecular weight is 410 g/mol. The van der Waals surface area contributed by atoms with Gasteiger partial charge in [-0.25, -0.2) is 4.79 Å². The summed E-state index contributed by atoms with van der Waals surface area (Å²) >= 11 is 0. The first-order chi connectivity index (χ1) is 14.4. The molecule has 2 aromatic carbocycles. The molecule has 1 aliphatic heterocycles. The van der Waals surface area contributed by atoms with Crippen LogP contribution >= 0.6 is 0 Å². The van der Waals surface area contributed by atoms with Crippen LogP contribution in [0.1, 0.15) is 57.3 Å². The van der Waals surface area contributed by atoms with E-state index in [0.29, 0.717) is 23.5 Å². The fourth-order valence-electron chi connectivity index (χ4n) is 3.15. The number of nitrogens with zero attached hydrogens (tertiary/aromatic N) is 1. The van der Waals surface area contributed by atoms with Crippen molar-refractivity contribution in [2.45, 2.75) is 26.2 Å². The number of rotatable bonds is 9. The number of carbonyl (C=O) groups excluding carboxylic acids is 3. The second-order valence-corrected chi connectivity index (χ2v) is 6.82. The molecule has 0 saturated heterocycles. The highest BCUT2D eigenvalue weighted by Gasteiger charge is 2.34. The molecular weight excluding hydrogens is 388 g/mol. The zero-order chi connectivity index (χ0) is 21.7. The first kappa shape index (κ1) is 21.0. The molecule has 0 saturated carbocycles. The molecule has 0 spiro atoms. The summed E-state index contributed by atoms with van der Waals surface area (Å²) < 4.78 is 5.57. The van der Waals surface area contributed by atoms with Crippen LogP contribution in [0.3, 0.4) is 0 Å². The molecule has 3 rings (SSSR count). The monoisotopic (exact) mass is 410 g/mol. The highest BCUT2D eigenvalue weighted by atomic mass is 16.5. The number of nitrogens with one attached hydrogen (secondary N) is 1. The van der Waals surface area contributed by atoms with Crippen LogP contribution in [0.15, 0.2) is 42.5 Å². The maximum absolute atomic E-state index is 12.4. The van der Waals surface area contributed by atoms with Gasteiger partial charge < -0.3 is 15.2 Å². The molecule has 0 unspecified atom stereocenters. The van der Waals surface area contributed by atoms with Crippen molar-refractivity contribution in [3.05, 3.63) is 59.2 Å². The minimum atomic E-state index is -1.11. The molecule has 2 aromatic rings. The van der Waals surface area contributed by atoms with E-state index in [1.54, 1.807) is 24.3 Å². The lowest BCUT2D eigenvalue weighted by Gasteiger charge is -2.15. The average Bonchev–Trinajstić information content (AvgIpc) is 2.98. The van der Waals surface area contributed by atoms with Gasteiger partial charge in [0.25, 0.3) is 11.8 Å². The molecule has 2 N–H and O–H groups in total. The molecule has 8 nitrogen and oxygen atoms in total. The first-order valence-corrected chi connectivity index (χ1v) is 9.67. The SMILES string of the molecule is CCCOc1ccc(C(=O)O)cc1NC(=O)CCCN1C(=O)c2ccccc2C1=O. The van der Waals surface area contributed by atoms with Crippen LogP contribution in [0.4, 0.5) is 5.69 Å². The molecule has 0 aliphatic carbocycles.